The van der Waals surface area contributed by atoms with E-state index in [0.29, 0.717) is 11.0 Å². The molecule has 0 amide bonds. The van der Waals surface area contributed by atoms with E-state index in [1.165, 1.54) is 25.7 Å². The SMILES string of the molecule is CSC1CCCC(Nc2ccc(Br)cc2C(N)=S)C1. The zero-order chi connectivity index (χ0) is 13.8. The molecule has 2 nitrogen and oxygen atoms in total. The summed E-state index contributed by atoms with van der Waals surface area (Å²) in [6.45, 7) is 0. The van der Waals surface area contributed by atoms with Crippen molar-refractivity contribution in [2.45, 2.75) is 37.0 Å². The molecule has 5 heteroatoms. The van der Waals surface area contributed by atoms with Crippen molar-refractivity contribution in [3.05, 3.63) is 28.2 Å². The highest BCUT2D eigenvalue weighted by atomic mass is 79.9. The van der Waals surface area contributed by atoms with Gasteiger partial charge in [-0.25, -0.2) is 0 Å². The molecule has 1 aromatic carbocycles. The van der Waals surface area contributed by atoms with Gasteiger partial charge in [0, 0.05) is 27.0 Å². The normalized spacial score (nSPS) is 23.1. The van der Waals surface area contributed by atoms with E-state index in [1.807, 2.05) is 23.9 Å². The van der Waals surface area contributed by atoms with Gasteiger partial charge in [-0.2, -0.15) is 11.8 Å². The summed E-state index contributed by atoms with van der Waals surface area (Å²) in [6.07, 6.45) is 7.27. The number of anilines is 1. The first-order valence-electron chi connectivity index (χ1n) is 6.49. The fourth-order valence-corrected chi connectivity index (χ4v) is 3.91. The molecule has 19 heavy (non-hydrogen) atoms. The average molecular weight is 359 g/mol. The Labute approximate surface area is 133 Å². The number of nitrogens with one attached hydrogen (secondary N) is 1. The van der Waals surface area contributed by atoms with E-state index in [-0.39, 0.29) is 0 Å². The van der Waals surface area contributed by atoms with E-state index in [0.717, 1.165) is 21.0 Å². The van der Waals surface area contributed by atoms with E-state index in [4.69, 9.17) is 18.0 Å². The number of nitrogens with two attached hydrogens (primary N) is 1. The molecule has 0 aromatic heterocycles. The standard InChI is InChI=1S/C14H19BrN2S2/c1-19-11-4-2-3-10(8-11)17-13-6-5-9(15)7-12(13)14(16)18/h5-7,10-11,17H,2-4,8H2,1H3,(H2,16,18). The van der Waals surface area contributed by atoms with Crippen LogP contribution in [0.1, 0.15) is 31.2 Å². The quantitative estimate of drug-likeness (QED) is 0.792. The summed E-state index contributed by atoms with van der Waals surface area (Å²) in [6, 6.07) is 6.60. The number of thiocarbonyl (C=S) groups is 1. The van der Waals surface area contributed by atoms with Crippen LogP contribution in [0.3, 0.4) is 0 Å². The summed E-state index contributed by atoms with van der Waals surface area (Å²) in [7, 11) is 0. The molecule has 1 aromatic rings. The maximum atomic E-state index is 5.81. The molecule has 1 aliphatic carbocycles. The topological polar surface area (TPSA) is 38.0 Å². The zero-order valence-corrected chi connectivity index (χ0v) is 14.2. The molecule has 2 unspecified atom stereocenters. The third-order valence-corrected chi connectivity index (χ3v) is 5.37. The lowest BCUT2D eigenvalue weighted by molar-refractivity contribution is 0.473. The maximum Gasteiger partial charge on any atom is 0.106 e. The van der Waals surface area contributed by atoms with E-state index >= 15 is 0 Å². The Hall–Kier alpha value is -0.260. The van der Waals surface area contributed by atoms with Gasteiger partial charge in [0.2, 0.25) is 0 Å². The lowest BCUT2D eigenvalue weighted by atomic mass is 9.94. The minimum Gasteiger partial charge on any atom is -0.389 e. The summed E-state index contributed by atoms with van der Waals surface area (Å²) in [4.78, 5) is 0.445. The molecule has 0 spiro atoms. The summed E-state index contributed by atoms with van der Waals surface area (Å²) < 4.78 is 1.01. The van der Waals surface area contributed by atoms with Gasteiger partial charge < -0.3 is 11.1 Å². The first-order chi connectivity index (χ1) is 9.10. The van der Waals surface area contributed by atoms with E-state index in [1.54, 1.807) is 0 Å². The largest absolute Gasteiger partial charge is 0.389 e. The van der Waals surface area contributed by atoms with Crippen LogP contribution in [-0.2, 0) is 0 Å². The molecular weight excluding hydrogens is 340 g/mol. The van der Waals surface area contributed by atoms with Crippen molar-refractivity contribution < 1.29 is 0 Å². The molecule has 1 saturated carbocycles. The Morgan fingerprint density at radius 3 is 2.95 bits per heavy atom. The summed E-state index contributed by atoms with van der Waals surface area (Å²) in [5.41, 5.74) is 7.79. The first-order valence-corrected chi connectivity index (χ1v) is 8.97. The minimum absolute atomic E-state index is 0.445. The van der Waals surface area contributed by atoms with Crippen LogP contribution in [0, 0.1) is 0 Å². The van der Waals surface area contributed by atoms with Crippen LogP contribution in [0.25, 0.3) is 0 Å². The average Bonchev–Trinajstić information content (AvgIpc) is 2.41. The number of benzene rings is 1. The van der Waals surface area contributed by atoms with Crippen LogP contribution < -0.4 is 11.1 Å². The van der Waals surface area contributed by atoms with Crippen molar-refractivity contribution >= 4 is 50.6 Å². The van der Waals surface area contributed by atoms with Crippen molar-refractivity contribution in [1.82, 2.24) is 0 Å². The van der Waals surface area contributed by atoms with E-state index < -0.39 is 0 Å². The second-order valence-corrected chi connectivity index (χ2v) is 7.41. The lowest BCUT2D eigenvalue weighted by Crippen LogP contribution is -2.29. The smallest absolute Gasteiger partial charge is 0.106 e. The third kappa shape index (κ3) is 4.10. The van der Waals surface area contributed by atoms with Gasteiger partial charge in [0.05, 0.1) is 0 Å². The lowest BCUT2D eigenvalue weighted by Gasteiger charge is -2.30. The van der Waals surface area contributed by atoms with Gasteiger partial charge in [-0.3, -0.25) is 0 Å². The van der Waals surface area contributed by atoms with Gasteiger partial charge in [0.15, 0.2) is 0 Å². The Kier molecular flexibility index (Phi) is 5.54. The first kappa shape index (κ1) is 15.1. The Morgan fingerprint density at radius 2 is 2.26 bits per heavy atom. The minimum atomic E-state index is 0.445. The van der Waals surface area contributed by atoms with Gasteiger partial charge >= 0.3 is 0 Å². The monoisotopic (exact) mass is 358 g/mol. The predicted molar refractivity (Wildman–Crippen MR) is 93.2 cm³/mol. The Bertz CT molecular complexity index is 465. The van der Waals surface area contributed by atoms with Gasteiger partial charge in [-0.05, 0) is 43.7 Å². The Balaban J connectivity index is 2.12. The van der Waals surface area contributed by atoms with Crippen LogP contribution in [0.2, 0.25) is 0 Å². The molecule has 1 aliphatic rings. The molecule has 0 bridgehead atoms. The molecule has 2 rings (SSSR count). The second-order valence-electron chi connectivity index (χ2n) is 4.92. The fourth-order valence-electron chi connectivity index (χ4n) is 2.56. The molecule has 0 radical (unpaired) electrons. The molecule has 2 atom stereocenters. The third-order valence-electron chi connectivity index (χ3n) is 3.57. The molecule has 1 fully saturated rings. The fraction of sp³-hybridized carbons (Fsp3) is 0.500. The van der Waals surface area contributed by atoms with Crippen LogP contribution in [0.15, 0.2) is 22.7 Å². The molecule has 0 saturated heterocycles. The number of rotatable bonds is 4. The second kappa shape index (κ2) is 6.95. The van der Waals surface area contributed by atoms with Crippen molar-refractivity contribution in [2.24, 2.45) is 5.73 Å². The van der Waals surface area contributed by atoms with Crippen LogP contribution >= 0.6 is 39.9 Å². The summed E-state index contributed by atoms with van der Waals surface area (Å²) in [5.74, 6) is 0. The van der Waals surface area contributed by atoms with E-state index in [9.17, 15) is 0 Å². The summed E-state index contributed by atoms with van der Waals surface area (Å²) in [5, 5.41) is 4.39. The zero-order valence-electron chi connectivity index (χ0n) is 11.0. The van der Waals surface area contributed by atoms with Crippen molar-refractivity contribution in [3.63, 3.8) is 0 Å². The number of halogens is 1. The molecule has 3 N–H and O–H groups in total. The van der Waals surface area contributed by atoms with Gasteiger partial charge in [0.25, 0.3) is 0 Å². The number of thioether (sulfide) groups is 1. The van der Waals surface area contributed by atoms with Crippen LogP contribution in [-0.4, -0.2) is 22.5 Å². The predicted octanol–water partition coefficient (Wildman–Crippen LogP) is 4.17. The van der Waals surface area contributed by atoms with Gasteiger partial charge in [0.1, 0.15) is 4.99 Å². The molecular formula is C14H19BrN2S2. The Morgan fingerprint density at radius 1 is 1.47 bits per heavy atom. The van der Waals surface area contributed by atoms with Crippen molar-refractivity contribution in [3.8, 4) is 0 Å². The number of hydrogen-bond donors (Lipinski definition) is 2. The molecule has 104 valence electrons. The van der Waals surface area contributed by atoms with Crippen molar-refractivity contribution in [1.29, 1.82) is 0 Å². The maximum absolute atomic E-state index is 5.81. The van der Waals surface area contributed by atoms with E-state index in [2.05, 4.69) is 33.6 Å². The molecule has 0 aliphatic heterocycles. The number of hydrogen-bond acceptors (Lipinski definition) is 3. The van der Waals surface area contributed by atoms with Gasteiger partial charge in [-0.1, -0.05) is 34.6 Å². The molecule has 0 heterocycles. The highest BCUT2D eigenvalue weighted by molar-refractivity contribution is 9.10. The highest BCUT2D eigenvalue weighted by Crippen LogP contribution is 2.30. The van der Waals surface area contributed by atoms with Gasteiger partial charge in [-0.15, -0.1) is 0 Å². The highest BCUT2D eigenvalue weighted by Gasteiger charge is 2.21. The summed E-state index contributed by atoms with van der Waals surface area (Å²) >= 11 is 10.6. The van der Waals surface area contributed by atoms with Crippen LogP contribution in [0.5, 0.6) is 0 Å². The van der Waals surface area contributed by atoms with Crippen molar-refractivity contribution in [2.75, 3.05) is 11.6 Å². The van der Waals surface area contributed by atoms with Crippen LogP contribution in [0.4, 0.5) is 5.69 Å².